The minimum absolute atomic E-state index is 0.0374. The number of ether oxygens (including phenoxy) is 1. The number of methoxy groups -OCH3 is 1. The number of non-ortho nitro benzene ring substituents is 1. The van der Waals surface area contributed by atoms with Crippen LogP contribution in [-0.4, -0.2) is 42.3 Å². The van der Waals surface area contributed by atoms with Gasteiger partial charge in [0.1, 0.15) is 0 Å². The molecular formula is C13H18N2O5. The molecule has 0 bridgehead atoms. The van der Waals surface area contributed by atoms with E-state index in [2.05, 4.69) is 0 Å². The first-order chi connectivity index (χ1) is 9.42. The van der Waals surface area contributed by atoms with E-state index in [0.29, 0.717) is 18.8 Å². The Morgan fingerprint density at radius 3 is 2.65 bits per heavy atom. The van der Waals surface area contributed by atoms with Gasteiger partial charge in [0.15, 0.2) is 0 Å². The average molecular weight is 282 g/mol. The predicted molar refractivity (Wildman–Crippen MR) is 74.4 cm³/mol. The molecule has 1 aromatic carbocycles. The summed E-state index contributed by atoms with van der Waals surface area (Å²) in [4.78, 5) is 23.3. The number of rotatable bonds is 7. The summed E-state index contributed by atoms with van der Waals surface area (Å²) in [5.41, 5.74) is 0.140. The number of aromatic carboxylic acids is 1. The first-order valence-corrected chi connectivity index (χ1v) is 6.19. The van der Waals surface area contributed by atoms with E-state index in [9.17, 15) is 20.0 Å². The Morgan fingerprint density at radius 2 is 2.20 bits per heavy atom. The summed E-state index contributed by atoms with van der Waals surface area (Å²) in [5, 5.41) is 20.0. The van der Waals surface area contributed by atoms with Crippen LogP contribution in [0.5, 0.6) is 0 Å². The summed E-state index contributed by atoms with van der Waals surface area (Å²) in [5.74, 6) is -1.19. The number of hydrogen-bond donors (Lipinski definition) is 1. The smallest absolute Gasteiger partial charge is 0.338 e. The molecule has 1 aromatic rings. The van der Waals surface area contributed by atoms with Crippen molar-refractivity contribution in [3.05, 3.63) is 33.9 Å². The largest absolute Gasteiger partial charge is 0.478 e. The molecule has 0 amide bonds. The van der Waals surface area contributed by atoms with E-state index < -0.39 is 10.9 Å². The summed E-state index contributed by atoms with van der Waals surface area (Å²) in [6, 6.07) is 3.82. The molecule has 0 aliphatic carbocycles. The van der Waals surface area contributed by atoms with Crippen molar-refractivity contribution >= 4 is 17.3 Å². The van der Waals surface area contributed by atoms with Crippen molar-refractivity contribution < 1.29 is 19.6 Å². The third kappa shape index (κ3) is 3.45. The SMILES string of the molecule is CCN(c1ccc([N+](=O)[O-])cc1C(=O)O)C(C)COC. The summed E-state index contributed by atoms with van der Waals surface area (Å²) < 4.78 is 5.07. The van der Waals surface area contributed by atoms with Crippen molar-refractivity contribution in [3.63, 3.8) is 0 Å². The number of carboxylic acids is 1. The van der Waals surface area contributed by atoms with Crippen LogP contribution < -0.4 is 4.90 Å². The van der Waals surface area contributed by atoms with E-state index in [-0.39, 0.29) is 17.3 Å². The van der Waals surface area contributed by atoms with Crippen LogP contribution in [0.2, 0.25) is 0 Å². The Bertz CT molecular complexity index is 504. The molecule has 0 saturated heterocycles. The maximum Gasteiger partial charge on any atom is 0.338 e. The number of benzene rings is 1. The van der Waals surface area contributed by atoms with Gasteiger partial charge < -0.3 is 14.7 Å². The lowest BCUT2D eigenvalue weighted by molar-refractivity contribution is -0.384. The lowest BCUT2D eigenvalue weighted by atomic mass is 10.1. The Morgan fingerprint density at radius 1 is 1.55 bits per heavy atom. The van der Waals surface area contributed by atoms with E-state index in [4.69, 9.17) is 4.74 Å². The number of likely N-dealkylation sites (N-methyl/N-ethyl adjacent to an activating group) is 1. The van der Waals surface area contributed by atoms with Crippen molar-refractivity contribution in [1.82, 2.24) is 0 Å². The molecule has 0 radical (unpaired) electrons. The highest BCUT2D eigenvalue weighted by molar-refractivity contribution is 5.95. The fourth-order valence-electron chi connectivity index (χ4n) is 2.11. The molecule has 1 N–H and O–H groups in total. The zero-order valence-corrected chi connectivity index (χ0v) is 11.7. The van der Waals surface area contributed by atoms with Crippen molar-refractivity contribution in [2.24, 2.45) is 0 Å². The first-order valence-electron chi connectivity index (χ1n) is 6.19. The molecule has 110 valence electrons. The molecule has 0 heterocycles. The summed E-state index contributed by atoms with van der Waals surface area (Å²) in [6.07, 6.45) is 0. The number of carboxylic acid groups (broad SMARTS) is 1. The topological polar surface area (TPSA) is 92.9 Å². The van der Waals surface area contributed by atoms with Gasteiger partial charge in [-0.05, 0) is 19.9 Å². The normalized spacial score (nSPS) is 11.9. The molecule has 20 heavy (non-hydrogen) atoms. The molecule has 7 nitrogen and oxygen atoms in total. The number of hydrogen-bond acceptors (Lipinski definition) is 5. The van der Waals surface area contributed by atoms with Gasteiger partial charge in [-0.25, -0.2) is 4.79 Å². The van der Waals surface area contributed by atoms with Gasteiger partial charge in [0.05, 0.1) is 22.8 Å². The van der Waals surface area contributed by atoms with Crippen molar-refractivity contribution in [2.75, 3.05) is 25.2 Å². The van der Waals surface area contributed by atoms with Crippen molar-refractivity contribution in [1.29, 1.82) is 0 Å². The van der Waals surface area contributed by atoms with Crippen LogP contribution in [0.25, 0.3) is 0 Å². The minimum Gasteiger partial charge on any atom is -0.478 e. The van der Waals surface area contributed by atoms with Gasteiger partial charge in [-0.3, -0.25) is 10.1 Å². The third-order valence-corrected chi connectivity index (χ3v) is 3.01. The second-order valence-electron chi connectivity index (χ2n) is 4.35. The van der Waals surface area contributed by atoms with Crippen molar-refractivity contribution in [2.45, 2.75) is 19.9 Å². The van der Waals surface area contributed by atoms with Crippen LogP contribution in [0, 0.1) is 10.1 Å². The van der Waals surface area contributed by atoms with Crippen molar-refractivity contribution in [3.8, 4) is 0 Å². The van der Waals surface area contributed by atoms with Gasteiger partial charge in [0, 0.05) is 31.8 Å². The lowest BCUT2D eigenvalue weighted by Gasteiger charge is -2.30. The van der Waals surface area contributed by atoms with Gasteiger partial charge in [0.25, 0.3) is 5.69 Å². The van der Waals surface area contributed by atoms with Crippen LogP contribution in [-0.2, 0) is 4.74 Å². The number of anilines is 1. The van der Waals surface area contributed by atoms with Crippen LogP contribution >= 0.6 is 0 Å². The highest BCUT2D eigenvalue weighted by atomic mass is 16.6. The van der Waals surface area contributed by atoms with E-state index >= 15 is 0 Å². The highest BCUT2D eigenvalue weighted by Crippen LogP contribution is 2.27. The van der Waals surface area contributed by atoms with Crippen LogP contribution in [0.4, 0.5) is 11.4 Å². The maximum absolute atomic E-state index is 11.3. The maximum atomic E-state index is 11.3. The Kier molecular flexibility index (Phi) is 5.45. The quantitative estimate of drug-likeness (QED) is 0.608. The minimum atomic E-state index is -1.19. The first kappa shape index (κ1) is 15.9. The summed E-state index contributed by atoms with van der Waals surface area (Å²) >= 11 is 0. The molecule has 1 atom stereocenters. The van der Waals surface area contributed by atoms with Gasteiger partial charge in [-0.1, -0.05) is 0 Å². The molecular weight excluding hydrogens is 264 g/mol. The summed E-state index contributed by atoms with van der Waals surface area (Å²) in [7, 11) is 1.57. The second kappa shape index (κ2) is 6.85. The van der Waals surface area contributed by atoms with E-state index in [1.54, 1.807) is 7.11 Å². The molecule has 0 aromatic heterocycles. The third-order valence-electron chi connectivity index (χ3n) is 3.01. The lowest BCUT2D eigenvalue weighted by Crippen LogP contribution is -2.37. The molecule has 0 spiro atoms. The second-order valence-corrected chi connectivity index (χ2v) is 4.35. The number of nitro groups is 1. The van der Waals surface area contributed by atoms with Gasteiger partial charge in [-0.15, -0.1) is 0 Å². The summed E-state index contributed by atoms with van der Waals surface area (Å²) in [6.45, 7) is 4.80. The number of nitro benzene ring substituents is 1. The van der Waals surface area contributed by atoms with Crippen LogP contribution in [0.15, 0.2) is 18.2 Å². The number of carbonyl (C=O) groups is 1. The predicted octanol–water partition coefficient (Wildman–Crippen LogP) is 2.15. The fourth-order valence-corrected chi connectivity index (χ4v) is 2.11. The monoisotopic (exact) mass is 282 g/mol. The van der Waals surface area contributed by atoms with Crippen LogP contribution in [0.1, 0.15) is 24.2 Å². The van der Waals surface area contributed by atoms with E-state index in [1.165, 1.54) is 12.1 Å². The zero-order chi connectivity index (χ0) is 15.3. The molecule has 0 aliphatic rings. The van der Waals surface area contributed by atoms with E-state index in [1.807, 2.05) is 18.7 Å². The molecule has 1 unspecified atom stereocenters. The number of nitrogens with zero attached hydrogens (tertiary/aromatic N) is 2. The average Bonchev–Trinajstić information content (AvgIpc) is 2.39. The Hall–Kier alpha value is -2.15. The highest BCUT2D eigenvalue weighted by Gasteiger charge is 2.22. The zero-order valence-electron chi connectivity index (χ0n) is 11.7. The molecule has 7 heteroatoms. The fraction of sp³-hybridized carbons (Fsp3) is 0.462. The Labute approximate surface area is 116 Å². The molecule has 0 saturated carbocycles. The molecule has 1 rings (SSSR count). The molecule has 0 fully saturated rings. The van der Waals surface area contributed by atoms with Gasteiger partial charge >= 0.3 is 5.97 Å². The van der Waals surface area contributed by atoms with E-state index in [0.717, 1.165) is 6.07 Å². The van der Waals surface area contributed by atoms with Crippen LogP contribution in [0.3, 0.4) is 0 Å². The van der Waals surface area contributed by atoms with Gasteiger partial charge in [0.2, 0.25) is 0 Å². The Balaban J connectivity index is 3.27. The van der Waals surface area contributed by atoms with Gasteiger partial charge in [-0.2, -0.15) is 0 Å². The molecule has 0 aliphatic heterocycles. The standard InChI is InChI=1S/C13H18N2O5/c1-4-14(9(2)8-20-3)12-6-5-10(15(18)19)7-11(12)13(16)17/h5-7,9H,4,8H2,1-3H3,(H,16,17).